The zero-order valence-electron chi connectivity index (χ0n) is 12.6. The van der Waals surface area contributed by atoms with E-state index in [2.05, 4.69) is 21.7 Å². The number of nitrogens with zero attached hydrogens (tertiary/aromatic N) is 3. The van der Waals surface area contributed by atoms with E-state index in [0.29, 0.717) is 12.0 Å². The molecule has 6 nitrogen and oxygen atoms in total. The average molecular weight is 405 g/mol. The van der Waals surface area contributed by atoms with E-state index in [4.69, 9.17) is 5.26 Å². The lowest BCUT2D eigenvalue weighted by Crippen LogP contribution is -2.46. The zero-order valence-corrected chi connectivity index (χ0v) is 15.0. The molecule has 0 radical (unpaired) electrons. The number of likely N-dealkylation sites (N-methyl/N-ethyl adjacent to an activating group) is 1. The Kier molecular flexibility index (Phi) is 7.22. The molecule has 2 saturated carbocycles. The van der Waals surface area contributed by atoms with Crippen molar-refractivity contribution in [2.24, 2.45) is 10.9 Å². The van der Waals surface area contributed by atoms with Gasteiger partial charge in [-0.25, -0.2) is 4.99 Å². The van der Waals surface area contributed by atoms with E-state index >= 15 is 0 Å². The maximum absolute atomic E-state index is 11.6. The Morgan fingerprint density at radius 1 is 1.29 bits per heavy atom. The second kappa shape index (κ2) is 8.41. The molecule has 0 saturated heterocycles. The number of halogens is 1. The largest absolute Gasteiger partial charge is 0.354 e. The van der Waals surface area contributed by atoms with Gasteiger partial charge in [-0.2, -0.15) is 5.26 Å². The third kappa shape index (κ3) is 5.69. The highest BCUT2D eigenvalue weighted by molar-refractivity contribution is 14.0. The number of hydrogen-bond donors (Lipinski definition) is 2. The van der Waals surface area contributed by atoms with Crippen molar-refractivity contribution in [2.75, 3.05) is 20.6 Å². The fourth-order valence-electron chi connectivity index (χ4n) is 2.31. The Morgan fingerprint density at radius 2 is 2.00 bits per heavy atom. The molecule has 118 valence electrons. The first kappa shape index (κ1) is 18.0. The predicted molar refractivity (Wildman–Crippen MR) is 92.4 cm³/mol. The molecule has 2 N–H and O–H groups in total. The minimum atomic E-state index is -0.0230. The Hall–Kier alpha value is -1.04. The van der Waals surface area contributed by atoms with E-state index < -0.39 is 0 Å². The van der Waals surface area contributed by atoms with Gasteiger partial charge in [0.25, 0.3) is 0 Å². The van der Waals surface area contributed by atoms with Crippen LogP contribution in [-0.2, 0) is 4.79 Å². The number of carbonyl (C=O) groups excluding carboxylic acids is 1. The fourth-order valence-corrected chi connectivity index (χ4v) is 2.31. The minimum Gasteiger partial charge on any atom is -0.354 e. The molecule has 0 bridgehead atoms. The topological polar surface area (TPSA) is 80.5 Å². The number of nitriles is 1. The highest BCUT2D eigenvalue weighted by atomic mass is 127. The molecule has 2 aliphatic carbocycles. The van der Waals surface area contributed by atoms with Gasteiger partial charge in [0, 0.05) is 26.2 Å². The Labute approximate surface area is 143 Å². The molecule has 2 aliphatic rings. The van der Waals surface area contributed by atoms with Crippen LogP contribution in [0.4, 0.5) is 0 Å². The van der Waals surface area contributed by atoms with E-state index in [1.807, 2.05) is 0 Å². The monoisotopic (exact) mass is 405 g/mol. The van der Waals surface area contributed by atoms with Gasteiger partial charge in [0.05, 0.1) is 12.0 Å². The predicted octanol–water partition coefficient (Wildman–Crippen LogP) is 1.08. The van der Waals surface area contributed by atoms with E-state index in [-0.39, 0.29) is 48.4 Å². The van der Waals surface area contributed by atoms with Crippen molar-refractivity contribution in [3.8, 4) is 6.07 Å². The molecule has 0 heterocycles. The summed E-state index contributed by atoms with van der Waals surface area (Å²) in [5, 5.41) is 15.8. The van der Waals surface area contributed by atoms with Crippen LogP contribution in [0.1, 0.15) is 32.1 Å². The van der Waals surface area contributed by atoms with Crippen LogP contribution in [-0.4, -0.2) is 49.5 Å². The molecule has 0 aromatic rings. The van der Waals surface area contributed by atoms with E-state index in [9.17, 15) is 4.79 Å². The third-order valence-electron chi connectivity index (χ3n) is 3.79. The first-order valence-corrected chi connectivity index (χ1v) is 7.27. The first-order valence-electron chi connectivity index (χ1n) is 7.27. The molecule has 0 aromatic heterocycles. The number of nitrogens with one attached hydrogen (secondary N) is 2. The van der Waals surface area contributed by atoms with Crippen LogP contribution in [0.3, 0.4) is 0 Å². The van der Waals surface area contributed by atoms with Gasteiger partial charge in [-0.1, -0.05) is 0 Å². The molecular weight excluding hydrogens is 381 g/mol. The average Bonchev–Trinajstić information content (AvgIpc) is 3.12. The number of aliphatic imine (C=N–C) groups is 1. The van der Waals surface area contributed by atoms with Crippen molar-refractivity contribution in [3.63, 3.8) is 0 Å². The van der Waals surface area contributed by atoms with Crippen molar-refractivity contribution in [3.05, 3.63) is 0 Å². The first-order chi connectivity index (χ1) is 9.60. The van der Waals surface area contributed by atoms with Gasteiger partial charge in [-0.15, -0.1) is 24.0 Å². The maximum Gasteiger partial charge on any atom is 0.243 e. The van der Waals surface area contributed by atoms with Crippen LogP contribution < -0.4 is 10.6 Å². The summed E-state index contributed by atoms with van der Waals surface area (Å²) in [6.07, 6.45) is 5.30. The lowest BCUT2D eigenvalue weighted by Gasteiger charge is -2.20. The Bertz CT molecular complexity index is 428. The van der Waals surface area contributed by atoms with Crippen molar-refractivity contribution >= 4 is 35.8 Å². The minimum absolute atomic E-state index is 0. The van der Waals surface area contributed by atoms with E-state index in [0.717, 1.165) is 32.1 Å². The molecule has 2 atom stereocenters. The Morgan fingerprint density at radius 3 is 2.57 bits per heavy atom. The number of amides is 1. The SMILES string of the molecule is CN(C)C(=O)CN=C(NC1CC1)NC1CCCC1C#N.I. The maximum atomic E-state index is 11.6. The molecule has 0 spiro atoms. The molecule has 0 aliphatic heterocycles. The summed E-state index contributed by atoms with van der Waals surface area (Å²) >= 11 is 0. The highest BCUT2D eigenvalue weighted by Crippen LogP contribution is 2.25. The summed E-state index contributed by atoms with van der Waals surface area (Å²) in [6, 6.07) is 2.97. The summed E-state index contributed by atoms with van der Waals surface area (Å²) in [5.74, 6) is 0.700. The van der Waals surface area contributed by atoms with Gasteiger partial charge in [0.15, 0.2) is 5.96 Å². The summed E-state index contributed by atoms with van der Waals surface area (Å²) < 4.78 is 0. The standard InChI is InChI=1S/C14H23N5O.HI/c1-19(2)13(20)9-16-14(17-11-6-7-11)18-12-5-3-4-10(12)8-15;/h10-12H,3-7,9H2,1-2H3,(H2,16,17,18);1H. The molecule has 0 aromatic carbocycles. The molecule has 1 amide bonds. The Balaban J connectivity index is 0.00000220. The van der Waals surface area contributed by atoms with Gasteiger partial charge in [0.1, 0.15) is 6.54 Å². The van der Waals surface area contributed by atoms with Crippen LogP contribution in [0, 0.1) is 17.2 Å². The quantitative estimate of drug-likeness (QED) is 0.417. The molecule has 21 heavy (non-hydrogen) atoms. The van der Waals surface area contributed by atoms with Crippen molar-refractivity contribution < 1.29 is 4.79 Å². The second-order valence-corrected chi connectivity index (χ2v) is 5.79. The fraction of sp³-hybridized carbons (Fsp3) is 0.786. The lowest BCUT2D eigenvalue weighted by atomic mass is 10.1. The van der Waals surface area contributed by atoms with E-state index in [1.54, 1.807) is 14.1 Å². The molecule has 7 heteroatoms. The van der Waals surface area contributed by atoms with Crippen LogP contribution in [0.5, 0.6) is 0 Å². The van der Waals surface area contributed by atoms with Crippen LogP contribution in [0.25, 0.3) is 0 Å². The number of carbonyl (C=O) groups is 1. The van der Waals surface area contributed by atoms with Crippen LogP contribution in [0.2, 0.25) is 0 Å². The molecule has 2 rings (SSSR count). The van der Waals surface area contributed by atoms with Crippen molar-refractivity contribution in [2.45, 2.75) is 44.2 Å². The van der Waals surface area contributed by atoms with E-state index in [1.165, 1.54) is 4.90 Å². The summed E-state index contributed by atoms with van der Waals surface area (Å²) in [7, 11) is 3.45. The van der Waals surface area contributed by atoms with Crippen LogP contribution in [0.15, 0.2) is 4.99 Å². The molecule has 2 unspecified atom stereocenters. The number of rotatable bonds is 4. The van der Waals surface area contributed by atoms with Crippen molar-refractivity contribution in [1.29, 1.82) is 5.26 Å². The lowest BCUT2D eigenvalue weighted by molar-refractivity contribution is -0.127. The van der Waals surface area contributed by atoms with Gasteiger partial charge < -0.3 is 15.5 Å². The van der Waals surface area contributed by atoms with Gasteiger partial charge in [-0.05, 0) is 32.1 Å². The highest BCUT2D eigenvalue weighted by Gasteiger charge is 2.29. The summed E-state index contributed by atoms with van der Waals surface area (Å²) in [5.41, 5.74) is 0. The van der Waals surface area contributed by atoms with Gasteiger partial charge in [-0.3, -0.25) is 4.79 Å². The summed E-state index contributed by atoms with van der Waals surface area (Å²) in [4.78, 5) is 17.5. The number of hydrogen-bond acceptors (Lipinski definition) is 3. The van der Waals surface area contributed by atoms with Gasteiger partial charge >= 0.3 is 0 Å². The number of guanidine groups is 1. The third-order valence-corrected chi connectivity index (χ3v) is 3.79. The van der Waals surface area contributed by atoms with Gasteiger partial charge in [0.2, 0.25) is 5.91 Å². The summed E-state index contributed by atoms with van der Waals surface area (Å²) in [6.45, 7) is 0.138. The van der Waals surface area contributed by atoms with Crippen molar-refractivity contribution in [1.82, 2.24) is 15.5 Å². The zero-order chi connectivity index (χ0) is 14.5. The smallest absolute Gasteiger partial charge is 0.243 e. The molecular formula is C14H24IN5O. The van der Waals surface area contributed by atoms with Crippen LogP contribution >= 0.6 is 24.0 Å². The normalized spacial score (nSPS) is 24.7. The second-order valence-electron chi connectivity index (χ2n) is 5.79. The molecule has 2 fully saturated rings.